The molecule has 0 aliphatic heterocycles. The van der Waals surface area contributed by atoms with E-state index in [2.05, 4.69) is 11.4 Å². The average Bonchev–Trinajstić information content (AvgIpc) is 3.57. The van der Waals surface area contributed by atoms with Gasteiger partial charge in [-0.1, -0.05) is 30.3 Å². The van der Waals surface area contributed by atoms with E-state index in [4.69, 9.17) is 9.47 Å². The van der Waals surface area contributed by atoms with E-state index in [-0.39, 0.29) is 5.92 Å². The fraction of sp³-hybridized carbons (Fsp3) is 0.318. The summed E-state index contributed by atoms with van der Waals surface area (Å²) >= 11 is 0. The molecule has 28 heavy (non-hydrogen) atoms. The Morgan fingerprint density at radius 3 is 2.43 bits per heavy atom. The second-order valence-electron chi connectivity index (χ2n) is 7.01. The van der Waals surface area contributed by atoms with Crippen molar-refractivity contribution in [3.8, 4) is 11.8 Å². The summed E-state index contributed by atoms with van der Waals surface area (Å²) in [5.41, 5.74) is 0.471. The van der Waals surface area contributed by atoms with Gasteiger partial charge < -0.3 is 14.8 Å². The summed E-state index contributed by atoms with van der Waals surface area (Å²) in [6.07, 6.45) is 1.84. The molecular weight excluding hydrogens is 356 g/mol. The quantitative estimate of drug-likeness (QED) is 0.713. The zero-order chi connectivity index (χ0) is 20.0. The smallest absolute Gasteiger partial charge is 0.338 e. The van der Waals surface area contributed by atoms with Gasteiger partial charge in [-0.2, -0.15) is 5.26 Å². The summed E-state index contributed by atoms with van der Waals surface area (Å²) in [6, 6.07) is 18.4. The van der Waals surface area contributed by atoms with Crippen LogP contribution in [0.25, 0.3) is 0 Å². The fourth-order valence-electron chi connectivity index (χ4n) is 2.85. The lowest BCUT2D eigenvalue weighted by atomic mass is 9.98. The maximum Gasteiger partial charge on any atom is 0.338 e. The number of hydrogen-bond donors (Lipinski definition) is 1. The highest BCUT2D eigenvalue weighted by Crippen LogP contribution is 2.39. The molecule has 1 atom stereocenters. The number of nitrogens with zero attached hydrogens (tertiary/aromatic N) is 1. The number of carbonyl (C=O) groups is 2. The molecule has 6 nitrogen and oxygen atoms in total. The zero-order valence-electron chi connectivity index (χ0n) is 15.7. The normalized spacial score (nSPS) is 15.0. The van der Waals surface area contributed by atoms with E-state index < -0.39 is 24.0 Å². The number of rotatable bonds is 8. The Balaban J connectivity index is 1.46. The minimum atomic E-state index is -0.902. The zero-order valence-corrected chi connectivity index (χ0v) is 15.7. The lowest BCUT2D eigenvalue weighted by Gasteiger charge is -2.22. The van der Waals surface area contributed by atoms with Crippen molar-refractivity contribution in [3.63, 3.8) is 0 Å². The Hall–Kier alpha value is -3.33. The second-order valence-corrected chi connectivity index (χ2v) is 7.01. The van der Waals surface area contributed by atoms with Crippen LogP contribution in [0.15, 0.2) is 54.6 Å². The number of benzene rings is 2. The van der Waals surface area contributed by atoms with Crippen LogP contribution in [-0.2, 0) is 16.1 Å². The number of nitriles is 1. The van der Waals surface area contributed by atoms with Gasteiger partial charge in [0.15, 0.2) is 6.61 Å². The van der Waals surface area contributed by atoms with E-state index >= 15 is 0 Å². The second kappa shape index (κ2) is 8.57. The van der Waals surface area contributed by atoms with Gasteiger partial charge in [-0.3, -0.25) is 4.79 Å². The molecule has 1 fully saturated rings. The summed E-state index contributed by atoms with van der Waals surface area (Å²) in [4.78, 5) is 24.1. The lowest BCUT2D eigenvalue weighted by molar-refractivity contribution is -0.125. The van der Waals surface area contributed by atoms with Crippen LogP contribution in [0.5, 0.6) is 5.75 Å². The van der Waals surface area contributed by atoms with Crippen LogP contribution in [0.2, 0.25) is 0 Å². The molecule has 144 valence electrons. The van der Waals surface area contributed by atoms with Crippen molar-refractivity contribution in [2.45, 2.75) is 31.9 Å². The first-order valence-corrected chi connectivity index (χ1v) is 9.16. The highest BCUT2D eigenvalue weighted by atomic mass is 16.5. The predicted molar refractivity (Wildman–Crippen MR) is 102 cm³/mol. The van der Waals surface area contributed by atoms with Crippen molar-refractivity contribution < 1.29 is 19.1 Å². The third kappa shape index (κ3) is 5.10. The average molecular weight is 378 g/mol. The fourth-order valence-corrected chi connectivity index (χ4v) is 2.85. The Bertz CT molecular complexity index is 870. The molecule has 0 radical (unpaired) electrons. The number of nitrogens with one attached hydrogen (secondary N) is 1. The minimum Gasteiger partial charge on any atom is -0.489 e. The third-order valence-electron chi connectivity index (χ3n) is 4.70. The van der Waals surface area contributed by atoms with E-state index in [0.29, 0.717) is 17.9 Å². The number of esters is 1. The van der Waals surface area contributed by atoms with Gasteiger partial charge >= 0.3 is 5.97 Å². The van der Waals surface area contributed by atoms with Crippen LogP contribution in [-0.4, -0.2) is 24.0 Å². The van der Waals surface area contributed by atoms with Gasteiger partial charge in [0.1, 0.15) is 17.9 Å². The van der Waals surface area contributed by atoms with Crippen LogP contribution in [0.4, 0.5) is 0 Å². The molecule has 1 saturated carbocycles. The number of hydrogen-bond acceptors (Lipinski definition) is 5. The van der Waals surface area contributed by atoms with Crippen LogP contribution in [0.1, 0.15) is 35.7 Å². The Morgan fingerprint density at radius 2 is 1.82 bits per heavy atom. The molecule has 0 aromatic heterocycles. The van der Waals surface area contributed by atoms with E-state index in [0.717, 1.165) is 18.4 Å². The van der Waals surface area contributed by atoms with Gasteiger partial charge in [-0.25, -0.2) is 4.79 Å². The molecule has 0 bridgehead atoms. The van der Waals surface area contributed by atoms with Crippen molar-refractivity contribution in [2.24, 2.45) is 5.92 Å². The summed E-state index contributed by atoms with van der Waals surface area (Å²) in [5.74, 6) is -0.282. The van der Waals surface area contributed by atoms with Crippen molar-refractivity contribution in [1.29, 1.82) is 5.26 Å². The molecule has 0 saturated heterocycles. The van der Waals surface area contributed by atoms with E-state index in [1.807, 2.05) is 30.3 Å². The third-order valence-corrected chi connectivity index (χ3v) is 4.70. The highest BCUT2D eigenvalue weighted by Gasteiger charge is 2.43. The van der Waals surface area contributed by atoms with Gasteiger partial charge in [-0.15, -0.1) is 0 Å². The molecule has 0 unspecified atom stereocenters. The molecule has 0 spiro atoms. The summed E-state index contributed by atoms with van der Waals surface area (Å²) in [7, 11) is 0. The topological polar surface area (TPSA) is 88.4 Å². The van der Waals surface area contributed by atoms with Crippen molar-refractivity contribution in [2.75, 3.05) is 6.61 Å². The molecule has 3 rings (SSSR count). The maximum atomic E-state index is 12.1. The molecule has 1 amide bonds. The van der Waals surface area contributed by atoms with Gasteiger partial charge in [0.25, 0.3) is 5.91 Å². The number of ether oxygens (including phenoxy) is 2. The van der Waals surface area contributed by atoms with Crippen LogP contribution >= 0.6 is 0 Å². The first-order chi connectivity index (χ1) is 13.5. The minimum absolute atomic E-state index is 0.167. The summed E-state index contributed by atoms with van der Waals surface area (Å²) in [6.45, 7) is 1.71. The van der Waals surface area contributed by atoms with E-state index in [9.17, 15) is 14.9 Å². The van der Waals surface area contributed by atoms with Gasteiger partial charge in [-0.05, 0) is 55.5 Å². The highest BCUT2D eigenvalue weighted by molar-refractivity contribution is 5.91. The first kappa shape index (κ1) is 19.4. The Kier molecular flexibility index (Phi) is 5.95. The Labute approximate surface area is 164 Å². The van der Waals surface area contributed by atoms with Gasteiger partial charge in [0, 0.05) is 0 Å². The van der Waals surface area contributed by atoms with E-state index in [1.165, 1.54) is 0 Å². The van der Waals surface area contributed by atoms with Gasteiger partial charge in [0.2, 0.25) is 0 Å². The molecule has 1 aliphatic rings. The molecule has 1 N–H and O–H groups in total. The van der Waals surface area contributed by atoms with Crippen LogP contribution in [0.3, 0.4) is 0 Å². The molecule has 1 aliphatic carbocycles. The standard InChI is InChI=1S/C22H22N2O4/c1-22(15-23,18-9-10-18)24-20(25)14-28-21(26)17-7-11-19(12-8-17)27-13-16-5-3-2-4-6-16/h2-8,11-12,18H,9-10,13-14H2,1H3,(H,24,25)/t22-/m1/s1. The van der Waals surface area contributed by atoms with Crippen molar-refractivity contribution >= 4 is 11.9 Å². The van der Waals surface area contributed by atoms with Crippen molar-refractivity contribution in [3.05, 3.63) is 65.7 Å². The Morgan fingerprint density at radius 1 is 1.14 bits per heavy atom. The SMILES string of the molecule is C[C@](C#N)(NC(=O)COC(=O)c1ccc(OCc2ccccc2)cc1)C1CC1. The summed E-state index contributed by atoms with van der Waals surface area (Å²) < 4.78 is 10.7. The predicted octanol–water partition coefficient (Wildman–Crippen LogP) is 3.23. The molecule has 0 heterocycles. The van der Waals surface area contributed by atoms with Crippen molar-refractivity contribution in [1.82, 2.24) is 5.32 Å². The molecule has 2 aromatic carbocycles. The summed E-state index contributed by atoms with van der Waals surface area (Å²) in [5, 5.41) is 11.9. The van der Waals surface area contributed by atoms with Crippen LogP contribution in [0, 0.1) is 17.2 Å². The molecule has 6 heteroatoms. The van der Waals surface area contributed by atoms with Crippen LogP contribution < -0.4 is 10.1 Å². The van der Waals surface area contributed by atoms with Gasteiger partial charge in [0.05, 0.1) is 11.6 Å². The lowest BCUT2D eigenvalue weighted by Crippen LogP contribution is -2.48. The monoisotopic (exact) mass is 378 g/mol. The number of carbonyl (C=O) groups excluding carboxylic acids is 2. The largest absolute Gasteiger partial charge is 0.489 e. The molecule has 2 aromatic rings. The first-order valence-electron chi connectivity index (χ1n) is 9.16. The molecular formula is C22H22N2O4. The van der Waals surface area contributed by atoms with E-state index in [1.54, 1.807) is 31.2 Å². The maximum absolute atomic E-state index is 12.1. The number of amides is 1.